The smallest absolute Gasteiger partial charge is 0.302 e. The Hall–Kier alpha value is -1.12. The first-order valence-electron chi connectivity index (χ1n) is 5.21. The largest absolute Gasteiger partial charge is 0.461 e. The van der Waals surface area contributed by atoms with Crippen LogP contribution in [0.5, 0.6) is 0 Å². The normalized spacial score (nSPS) is 20.4. The number of hydrogen-bond donors (Lipinski definition) is 0. The molecule has 0 bridgehead atoms. The second-order valence-corrected chi connectivity index (χ2v) is 4.59. The SMILES string of the molecule is CC(=O)OCC1=C(C)CCC(=O)C1(C)C. The van der Waals surface area contributed by atoms with Crippen LogP contribution in [0.1, 0.15) is 40.5 Å². The van der Waals surface area contributed by atoms with Crippen molar-refractivity contribution in [3.8, 4) is 0 Å². The molecule has 1 aliphatic rings. The van der Waals surface area contributed by atoms with Gasteiger partial charge in [0, 0.05) is 18.8 Å². The molecule has 0 radical (unpaired) electrons. The lowest BCUT2D eigenvalue weighted by molar-refractivity contribution is -0.141. The molecule has 0 aromatic carbocycles. The number of ether oxygens (including phenoxy) is 1. The number of Topliss-reactive ketones (excluding diaryl/α,β-unsaturated/α-hetero) is 1. The van der Waals surface area contributed by atoms with E-state index >= 15 is 0 Å². The van der Waals surface area contributed by atoms with Gasteiger partial charge in [-0.2, -0.15) is 0 Å². The third kappa shape index (κ3) is 2.46. The first-order chi connectivity index (χ1) is 6.85. The molecule has 3 heteroatoms. The number of esters is 1. The molecule has 1 aliphatic carbocycles. The molecule has 0 amide bonds. The molecule has 0 saturated carbocycles. The van der Waals surface area contributed by atoms with Crippen LogP contribution in [0.4, 0.5) is 0 Å². The van der Waals surface area contributed by atoms with Crippen LogP contribution in [0.3, 0.4) is 0 Å². The van der Waals surface area contributed by atoms with Gasteiger partial charge in [0.15, 0.2) is 0 Å². The summed E-state index contributed by atoms with van der Waals surface area (Å²) >= 11 is 0. The topological polar surface area (TPSA) is 43.4 Å². The van der Waals surface area contributed by atoms with E-state index in [1.807, 2.05) is 20.8 Å². The van der Waals surface area contributed by atoms with Crippen molar-refractivity contribution in [1.82, 2.24) is 0 Å². The van der Waals surface area contributed by atoms with Crippen molar-refractivity contribution >= 4 is 11.8 Å². The predicted molar refractivity (Wildman–Crippen MR) is 57.4 cm³/mol. The van der Waals surface area contributed by atoms with Gasteiger partial charge >= 0.3 is 5.97 Å². The highest BCUT2D eigenvalue weighted by Crippen LogP contribution is 2.37. The molecule has 0 fully saturated rings. The molecule has 0 N–H and O–H groups in total. The van der Waals surface area contributed by atoms with Crippen LogP contribution in [-0.2, 0) is 14.3 Å². The standard InChI is InChI=1S/C12H18O3/c1-8-5-6-11(14)12(3,4)10(8)7-15-9(2)13/h5-7H2,1-4H3. The molecule has 0 atom stereocenters. The van der Waals surface area contributed by atoms with Crippen molar-refractivity contribution < 1.29 is 14.3 Å². The fourth-order valence-electron chi connectivity index (χ4n) is 1.94. The van der Waals surface area contributed by atoms with E-state index in [-0.39, 0.29) is 18.4 Å². The molecule has 0 aliphatic heterocycles. The van der Waals surface area contributed by atoms with Crippen LogP contribution in [0, 0.1) is 5.41 Å². The minimum Gasteiger partial charge on any atom is -0.461 e. The quantitative estimate of drug-likeness (QED) is 0.518. The molecule has 3 nitrogen and oxygen atoms in total. The van der Waals surface area contributed by atoms with Crippen LogP contribution in [0.25, 0.3) is 0 Å². The van der Waals surface area contributed by atoms with Gasteiger partial charge in [-0.3, -0.25) is 9.59 Å². The Morgan fingerprint density at radius 3 is 2.53 bits per heavy atom. The molecule has 0 aromatic heterocycles. The zero-order chi connectivity index (χ0) is 11.6. The minimum absolute atomic E-state index is 0.232. The van der Waals surface area contributed by atoms with Crippen molar-refractivity contribution in [2.45, 2.75) is 40.5 Å². The lowest BCUT2D eigenvalue weighted by Gasteiger charge is -2.32. The molecule has 0 unspecified atom stereocenters. The van der Waals surface area contributed by atoms with Crippen LogP contribution in [-0.4, -0.2) is 18.4 Å². The summed E-state index contributed by atoms with van der Waals surface area (Å²) in [6.07, 6.45) is 1.39. The highest BCUT2D eigenvalue weighted by Gasteiger charge is 2.36. The third-order valence-corrected chi connectivity index (χ3v) is 3.11. The van der Waals surface area contributed by atoms with Crippen LogP contribution in [0.15, 0.2) is 11.1 Å². The summed E-state index contributed by atoms with van der Waals surface area (Å²) in [5.74, 6) is -0.0700. The first kappa shape index (κ1) is 12.0. The highest BCUT2D eigenvalue weighted by atomic mass is 16.5. The Kier molecular flexibility index (Phi) is 3.32. The Morgan fingerprint density at radius 2 is 2.00 bits per heavy atom. The Balaban J connectivity index is 2.89. The molecule has 0 saturated heterocycles. The van der Waals surface area contributed by atoms with E-state index in [1.165, 1.54) is 12.5 Å². The van der Waals surface area contributed by atoms with Crippen LogP contribution >= 0.6 is 0 Å². The second-order valence-electron chi connectivity index (χ2n) is 4.59. The van der Waals surface area contributed by atoms with E-state index in [2.05, 4.69) is 0 Å². The van der Waals surface area contributed by atoms with Gasteiger partial charge in [0.05, 0.1) is 0 Å². The molecule has 0 spiro atoms. The van der Waals surface area contributed by atoms with Gasteiger partial charge in [0.2, 0.25) is 0 Å². The number of ketones is 1. The molecule has 84 valence electrons. The number of allylic oxidation sites excluding steroid dienone is 1. The molecule has 0 aromatic rings. The number of rotatable bonds is 2. The fraction of sp³-hybridized carbons (Fsp3) is 0.667. The van der Waals surface area contributed by atoms with E-state index in [4.69, 9.17) is 4.74 Å². The summed E-state index contributed by atoms with van der Waals surface area (Å²) in [6, 6.07) is 0. The maximum Gasteiger partial charge on any atom is 0.302 e. The number of carbonyl (C=O) groups excluding carboxylic acids is 2. The molecule has 15 heavy (non-hydrogen) atoms. The van der Waals surface area contributed by atoms with Crippen molar-refractivity contribution in [2.24, 2.45) is 5.41 Å². The summed E-state index contributed by atoms with van der Waals surface area (Å²) in [5.41, 5.74) is 1.67. The number of hydrogen-bond acceptors (Lipinski definition) is 3. The van der Waals surface area contributed by atoms with Gasteiger partial charge in [-0.1, -0.05) is 5.57 Å². The minimum atomic E-state index is -0.474. The fourth-order valence-corrected chi connectivity index (χ4v) is 1.94. The molecule has 1 rings (SSSR count). The van der Waals surface area contributed by atoms with E-state index in [0.717, 1.165) is 12.0 Å². The van der Waals surface area contributed by atoms with Gasteiger partial charge < -0.3 is 4.74 Å². The summed E-state index contributed by atoms with van der Waals surface area (Å²) in [7, 11) is 0. The Morgan fingerprint density at radius 1 is 1.40 bits per heavy atom. The van der Waals surface area contributed by atoms with Gasteiger partial charge in [-0.15, -0.1) is 0 Å². The Bertz CT molecular complexity index is 324. The van der Waals surface area contributed by atoms with Crippen LogP contribution in [0.2, 0.25) is 0 Å². The lowest BCUT2D eigenvalue weighted by Crippen LogP contribution is -2.33. The van der Waals surface area contributed by atoms with E-state index in [9.17, 15) is 9.59 Å². The predicted octanol–water partition coefficient (Wildman–Crippen LogP) is 2.26. The zero-order valence-electron chi connectivity index (χ0n) is 9.85. The lowest BCUT2D eigenvalue weighted by atomic mass is 9.72. The maximum atomic E-state index is 11.7. The molecular formula is C12H18O3. The molecular weight excluding hydrogens is 192 g/mol. The summed E-state index contributed by atoms with van der Waals surface area (Å²) in [6.45, 7) is 7.44. The van der Waals surface area contributed by atoms with E-state index in [1.54, 1.807) is 0 Å². The van der Waals surface area contributed by atoms with Gasteiger partial charge in [-0.25, -0.2) is 0 Å². The van der Waals surface area contributed by atoms with E-state index < -0.39 is 5.41 Å². The highest BCUT2D eigenvalue weighted by molar-refractivity contribution is 5.89. The average molecular weight is 210 g/mol. The Labute approximate surface area is 90.5 Å². The third-order valence-electron chi connectivity index (χ3n) is 3.11. The summed E-state index contributed by atoms with van der Waals surface area (Å²) in [5, 5.41) is 0. The van der Waals surface area contributed by atoms with Crippen molar-refractivity contribution in [1.29, 1.82) is 0 Å². The average Bonchev–Trinajstić information content (AvgIpc) is 2.11. The summed E-state index contributed by atoms with van der Waals surface area (Å²) < 4.78 is 4.99. The zero-order valence-corrected chi connectivity index (χ0v) is 9.85. The van der Waals surface area contributed by atoms with E-state index in [0.29, 0.717) is 6.42 Å². The van der Waals surface area contributed by atoms with Crippen molar-refractivity contribution in [3.05, 3.63) is 11.1 Å². The van der Waals surface area contributed by atoms with Crippen LogP contribution < -0.4 is 0 Å². The monoisotopic (exact) mass is 210 g/mol. The maximum absolute atomic E-state index is 11.7. The van der Waals surface area contributed by atoms with Crippen molar-refractivity contribution in [2.75, 3.05) is 6.61 Å². The molecule has 0 heterocycles. The second kappa shape index (κ2) is 4.17. The number of carbonyl (C=O) groups is 2. The van der Waals surface area contributed by atoms with Gasteiger partial charge in [0.1, 0.15) is 12.4 Å². The summed E-state index contributed by atoms with van der Waals surface area (Å²) in [4.78, 5) is 22.5. The first-order valence-corrected chi connectivity index (χ1v) is 5.21. The van der Waals surface area contributed by atoms with Gasteiger partial charge in [0.25, 0.3) is 0 Å². The van der Waals surface area contributed by atoms with Crippen molar-refractivity contribution in [3.63, 3.8) is 0 Å². The van der Waals surface area contributed by atoms with Gasteiger partial charge in [-0.05, 0) is 32.8 Å².